The Balaban J connectivity index is 1.33. The first-order valence-corrected chi connectivity index (χ1v) is 11.3. The Bertz CT molecular complexity index is 958. The van der Waals surface area contributed by atoms with Gasteiger partial charge in [0.25, 0.3) is 0 Å². The van der Waals surface area contributed by atoms with E-state index in [1.165, 1.54) is 0 Å². The topological polar surface area (TPSA) is 68.8 Å². The van der Waals surface area contributed by atoms with Gasteiger partial charge >= 0.3 is 0 Å². The molecule has 3 aromatic carbocycles. The zero-order chi connectivity index (χ0) is 23.3. The molecule has 0 aliphatic heterocycles. The van der Waals surface area contributed by atoms with Gasteiger partial charge in [-0.25, -0.2) is 0 Å². The van der Waals surface area contributed by atoms with Crippen molar-refractivity contribution in [3.8, 4) is 17.2 Å². The second-order valence-corrected chi connectivity index (χ2v) is 7.99. The number of rotatable bonds is 13. The summed E-state index contributed by atoms with van der Waals surface area (Å²) >= 11 is 0. The van der Waals surface area contributed by atoms with Crippen LogP contribution in [-0.2, 0) is 4.79 Å². The van der Waals surface area contributed by atoms with Gasteiger partial charge in [0.05, 0.1) is 13.2 Å². The fraction of sp³-hybridized carbons (Fsp3) is 0.296. The Morgan fingerprint density at radius 2 is 1.21 bits per heavy atom. The standard InChI is InChI=1S/C27H32N2O4/c1-21(2)16-17-31-25-14-10-23(11-15-25)29-27(30)20-28-22-8-12-26(13-9-22)33-19-18-32-24-6-4-3-5-7-24/h3-15,21,28H,16-20H2,1-2H3,(H,29,30). The Hall–Kier alpha value is -3.67. The number of carbonyl (C=O) groups is 1. The first-order valence-electron chi connectivity index (χ1n) is 11.3. The summed E-state index contributed by atoms with van der Waals surface area (Å²) < 4.78 is 17.0. The smallest absolute Gasteiger partial charge is 0.243 e. The van der Waals surface area contributed by atoms with Crippen LogP contribution in [-0.4, -0.2) is 32.3 Å². The van der Waals surface area contributed by atoms with E-state index in [2.05, 4.69) is 24.5 Å². The maximum absolute atomic E-state index is 12.2. The van der Waals surface area contributed by atoms with Crippen LogP contribution in [0.3, 0.4) is 0 Å². The predicted molar refractivity (Wildman–Crippen MR) is 132 cm³/mol. The average molecular weight is 449 g/mol. The van der Waals surface area contributed by atoms with E-state index in [0.717, 1.165) is 35.0 Å². The minimum Gasteiger partial charge on any atom is -0.494 e. The Morgan fingerprint density at radius 1 is 0.697 bits per heavy atom. The molecule has 0 aromatic heterocycles. The molecule has 0 unspecified atom stereocenters. The van der Waals surface area contributed by atoms with Gasteiger partial charge in [0.1, 0.15) is 30.5 Å². The minimum absolute atomic E-state index is 0.123. The van der Waals surface area contributed by atoms with Crippen molar-refractivity contribution in [2.75, 3.05) is 37.0 Å². The highest BCUT2D eigenvalue weighted by Gasteiger charge is 2.04. The fourth-order valence-corrected chi connectivity index (χ4v) is 2.94. The molecule has 0 aliphatic rings. The van der Waals surface area contributed by atoms with Gasteiger partial charge in [-0.3, -0.25) is 4.79 Å². The van der Waals surface area contributed by atoms with Crippen LogP contribution in [0.1, 0.15) is 20.3 Å². The fourth-order valence-electron chi connectivity index (χ4n) is 2.94. The third-order valence-corrected chi connectivity index (χ3v) is 4.77. The largest absolute Gasteiger partial charge is 0.494 e. The maximum Gasteiger partial charge on any atom is 0.243 e. The summed E-state index contributed by atoms with van der Waals surface area (Å²) in [6, 6.07) is 24.5. The van der Waals surface area contributed by atoms with Crippen molar-refractivity contribution in [3.63, 3.8) is 0 Å². The van der Waals surface area contributed by atoms with Crippen molar-refractivity contribution in [2.24, 2.45) is 5.92 Å². The lowest BCUT2D eigenvalue weighted by Crippen LogP contribution is -2.21. The van der Waals surface area contributed by atoms with Crippen LogP contribution >= 0.6 is 0 Å². The van der Waals surface area contributed by atoms with Crippen LogP contribution in [0.4, 0.5) is 11.4 Å². The van der Waals surface area contributed by atoms with Gasteiger partial charge in [-0.05, 0) is 73.0 Å². The van der Waals surface area contributed by atoms with E-state index in [4.69, 9.17) is 14.2 Å². The molecule has 3 aromatic rings. The highest BCUT2D eigenvalue weighted by Crippen LogP contribution is 2.18. The number of nitrogens with one attached hydrogen (secondary N) is 2. The monoisotopic (exact) mass is 448 g/mol. The van der Waals surface area contributed by atoms with E-state index in [1.54, 1.807) is 0 Å². The number of hydrogen-bond acceptors (Lipinski definition) is 5. The van der Waals surface area contributed by atoms with Crippen molar-refractivity contribution in [2.45, 2.75) is 20.3 Å². The van der Waals surface area contributed by atoms with Gasteiger partial charge in [0.15, 0.2) is 0 Å². The van der Waals surface area contributed by atoms with Crippen molar-refractivity contribution in [1.82, 2.24) is 0 Å². The summed E-state index contributed by atoms with van der Waals surface area (Å²) in [6.45, 7) is 6.11. The van der Waals surface area contributed by atoms with E-state index in [9.17, 15) is 4.79 Å². The molecular weight excluding hydrogens is 416 g/mol. The second kappa shape index (κ2) is 13.0. The molecule has 6 heteroatoms. The lowest BCUT2D eigenvalue weighted by atomic mass is 10.1. The van der Waals surface area contributed by atoms with Crippen LogP contribution < -0.4 is 24.8 Å². The van der Waals surface area contributed by atoms with Crippen molar-refractivity contribution >= 4 is 17.3 Å². The number of para-hydroxylation sites is 1. The average Bonchev–Trinajstić information content (AvgIpc) is 2.83. The summed E-state index contributed by atoms with van der Waals surface area (Å²) in [6.07, 6.45) is 1.01. The normalized spacial score (nSPS) is 10.5. The lowest BCUT2D eigenvalue weighted by Gasteiger charge is -2.11. The number of anilines is 2. The van der Waals surface area contributed by atoms with Gasteiger partial charge < -0.3 is 24.8 Å². The summed E-state index contributed by atoms with van der Waals surface area (Å²) in [5.41, 5.74) is 1.58. The molecule has 0 heterocycles. The van der Waals surface area contributed by atoms with Gasteiger partial charge in [0.2, 0.25) is 5.91 Å². The van der Waals surface area contributed by atoms with Gasteiger partial charge in [-0.15, -0.1) is 0 Å². The number of hydrogen-bond donors (Lipinski definition) is 2. The van der Waals surface area contributed by atoms with Crippen LogP contribution in [0, 0.1) is 5.92 Å². The first kappa shape index (κ1) is 24.0. The van der Waals surface area contributed by atoms with E-state index in [-0.39, 0.29) is 12.5 Å². The number of carbonyl (C=O) groups excluding carboxylic acids is 1. The summed E-state index contributed by atoms with van der Waals surface area (Å²) in [5.74, 6) is 2.86. The van der Waals surface area contributed by atoms with E-state index in [0.29, 0.717) is 25.7 Å². The van der Waals surface area contributed by atoms with Crippen LogP contribution in [0.25, 0.3) is 0 Å². The molecule has 33 heavy (non-hydrogen) atoms. The van der Waals surface area contributed by atoms with E-state index in [1.807, 2.05) is 78.9 Å². The number of amides is 1. The molecule has 2 N–H and O–H groups in total. The third-order valence-electron chi connectivity index (χ3n) is 4.77. The highest BCUT2D eigenvalue weighted by molar-refractivity contribution is 5.93. The zero-order valence-electron chi connectivity index (χ0n) is 19.3. The quantitative estimate of drug-likeness (QED) is 0.332. The molecule has 0 bridgehead atoms. The third kappa shape index (κ3) is 9.15. The SMILES string of the molecule is CC(C)CCOc1ccc(NC(=O)CNc2ccc(OCCOc3ccccc3)cc2)cc1. The van der Waals surface area contributed by atoms with Crippen LogP contribution in [0.5, 0.6) is 17.2 Å². The van der Waals surface area contributed by atoms with Crippen LogP contribution in [0.15, 0.2) is 78.9 Å². The second-order valence-electron chi connectivity index (χ2n) is 7.99. The molecular formula is C27H32N2O4. The lowest BCUT2D eigenvalue weighted by molar-refractivity contribution is -0.114. The molecule has 0 saturated carbocycles. The predicted octanol–water partition coefficient (Wildman–Crippen LogP) is 5.62. The molecule has 174 valence electrons. The maximum atomic E-state index is 12.2. The molecule has 0 radical (unpaired) electrons. The molecule has 6 nitrogen and oxygen atoms in total. The molecule has 0 atom stereocenters. The Kier molecular flexibility index (Phi) is 9.45. The highest BCUT2D eigenvalue weighted by atomic mass is 16.5. The van der Waals surface area contributed by atoms with Crippen molar-refractivity contribution in [3.05, 3.63) is 78.9 Å². The number of ether oxygens (including phenoxy) is 3. The minimum atomic E-state index is -0.123. The molecule has 0 fully saturated rings. The molecule has 0 aliphatic carbocycles. The van der Waals surface area contributed by atoms with E-state index >= 15 is 0 Å². The van der Waals surface area contributed by atoms with Gasteiger partial charge in [-0.2, -0.15) is 0 Å². The van der Waals surface area contributed by atoms with Crippen molar-refractivity contribution in [1.29, 1.82) is 0 Å². The summed E-state index contributed by atoms with van der Waals surface area (Å²) in [4.78, 5) is 12.2. The molecule has 1 amide bonds. The first-order chi connectivity index (χ1) is 16.1. The molecule has 0 saturated heterocycles. The number of benzene rings is 3. The van der Waals surface area contributed by atoms with Gasteiger partial charge in [0, 0.05) is 11.4 Å². The summed E-state index contributed by atoms with van der Waals surface area (Å²) in [7, 11) is 0. The molecule has 0 spiro atoms. The van der Waals surface area contributed by atoms with E-state index < -0.39 is 0 Å². The zero-order valence-corrected chi connectivity index (χ0v) is 19.3. The van der Waals surface area contributed by atoms with Gasteiger partial charge in [-0.1, -0.05) is 32.0 Å². The van der Waals surface area contributed by atoms with Crippen LogP contribution in [0.2, 0.25) is 0 Å². The Morgan fingerprint density at radius 3 is 1.79 bits per heavy atom. The molecule has 3 rings (SSSR count). The van der Waals surface area contributed by atoms with Crippen molar-refractivity contribution < 1.29 is 19.0 Å². The summed E-state index contributed by atoms with van der Waals surface area (Å²) in [5, 5.41) is 5.99. The Labute approximate surface area is 195 Å².